The molecule has 2 bridgehead atoms. The Morgan fingerprint density at radius 3 is 2.87 bits per heavy atom. The maximum Gasteiger partial charge on any atom is 0.157 e. The highest BCUT2D eigenvalue weighted by atomic mass is 15.5. The van der Waals surface area contributed by atoms with Crippen molar-refractivity contribution < 1.29 is 0 Å². The molecular weight excluding hydrogens is 284 g/mol. The lowest BCUT2D eigenvalue weighted by Gasteiger charge is -2.53. The molecule has 1 aromatic carbocycles. The zero-order valence-corrected chi connectivity index (χ0v) is 13.9. The lowest BCUT2D eigenvalue weighted by Crippen LogP contribution is -2.62. The third kappa shape index (κ3) is 1.93. The Balaban J connectivity index is 1.46. The molecule has 6 rings (SSSR count). The molecule has 0 aromatic heterocycles. The molecule has 0 unspecified atom stereocenters. The lowest BCUT2D eigenvalue weighted by atomic mass is 9.64. The fourth-order valence-electron chi connectivity index (χ4n) is 5.36. The molecule has 122 valence electrons. The molecule has 1 aromatic rings. The molecule has 0 saturated heterocycles. The Hall–Kier alpha value is -1.71. The van der Waals surface area contributed by atoms with Crippen LogP contribution < -0.4 is 10.7 Å². The van der Waals surface area contributed by atoms with Crippen molar-refractivity contribution in [3.8, 4) is 0 Å². The second-order valence-corrected chi connectivity index (χ2v) is 7.85. The van der Waals surface area contributed by atoms with Crippen molar-refractivity contribution in [3.05, 3.63) is 29.3 Å². The molecular formula is C19H26N4. The van der Waals surface area contributed by atoms with Crippen LogP contribution in [0.4, 0.5) is 5.69 Å². The summed E-state index contributed by atoms with van der Waals surface area (Å²) in [4.78, 5) is 2.46. The van der Waals surface area contributed by atoms with Gasteiger partial charge in [0.25, 0.3) is 0 Å². The van der Waals surface area contributed by atoms with E-state index in [0.29, 0.717) is 0 Å². The molecule has 4 nitrogen and oxygen atoms in total. The molecule has 5 aliphatic rings. The van der Waals surface area contributed by atoms with Gasteiger partial charge >= 0.3 is 0 Å². The molecule has 23 heavy (non-hydrogen) atoms. The lowest BCUT2D eigenvalue weighted by molar-refractivity contribution is -0.0197. The van der Waals surface area contributed by atoms with Crippen LogP contribution in [0.15, 0.2) is 23.3 Å². The maximum atomic E-state index is 4.80. The second-order valence-electron chi connectivity index (χ2n) is 7.85. The summed E-state index contributed by atoms with van der Waals surface area (Å²) in [5, 5.41) is 8.31. The molecule has 2 heterocycles. The second kappa shape index (κ2) is 4.89. The number of aryl methyl sites for hydroxylation is 1. The van der Waals surface area contributed by atoms with Crippen molar-refractivity contribution in [2.45, 2.75) is 50.6 Å². The molecule has 3 fully saturated rings. The summed E-state index contributed by atoms with van der Waals surface area (Å²) < 4.78 is 0. The van der Waals surface area contributed by atoms with Gasteiger partial charge in [0.2, 0.25) is 0 Å². The Labute approximate surface area is 138 Å². The van der Waals surface area contributed by atoms with Gasteiger partial charge in [-0.3, -0.25) is 5.43 Å². The van der Waals surface area contributed by atoms with E-state index in [4.69, 9.17) is 5.10 Å². The molecule has 1 atom stereocenters. The maximum absolute atomic E-state index is 4.80. The Morgan fingerprint density at radius 1 is 1.22 bits per heavy atom. The van der Waals surface area contributed by atoms with E-state index in [2.05, 4.69) is 40.9 Å². The average Bonchev–Trinajstić information content (AvgIpc) is 2.92. The summed E-state index contributed by atoms with van der Waals surface area (Å²) in [6.45, 7) is 1.10. The number of amidine groups is 1. The number of anilines is 1. The van der Waals surface area contributed by atoms with Crippen molar-refractivity contribution in [1.29, 1.82) is 0 Å². The summed E-state index contributed by atoms with van der Waals surface area (Å²) in [6, 6.07) is 6.81. The van der Waals surface area contributed by atoms with Gasteiger partial charge in [0, 0.05) is 30.8 Å². The van der Waals surface area contributed by atoms with Crippen LogP contribution in [-0.2, 0) is 6.42 Å². The van der Waals surface area contributed by atoms with E-state index in [1.807, 2.05) is 0 Å². The van der Waals surface area contributed by atoms with Crippen LogP contribution in [0, 0.1) is 11.8 Å². The summed E-state index contributed by atoms with van der Waals surface area (Å²) in [7, 11) is 2.25. The first-order valence-electron chi connectivity index (χ1n) is 9.22. The zero-order valence-electron chi connectivity index (χ0n) is 13.9. The van der Waals surface area contributed by atoms with Crippen molar-refractivity contribution in [1.82, 2.24) is 10.3 Å². The SMILES string of the molecule is CN1C(c2ccc3c(c2)CCCN3)=NN[C@@]12CC1CCC2CC1. The minimum absolute atomic E-state index is 0.0879. The van der Waals surface area contributed by atoms with Crippen LogP contribution in [0.25, 0.3) is 0 Å². The number of benzene rings is 1. The van der Waals surface area contributed by atoms with Gasteiger partial charge in [-0.2, -0.15) is 5.10 Å². The Kier molecular flexibility index (Phi) is 2.91. The van der Waals surface area contributed by atoms with Gasteiger partial charge in [-0.1, -0.05) is 0 Å². The summed E-state index contributed by atoms with van der Waals surface area (Å²) >= 11 is 0. The number of fused-ring (bicyclic) bond motifs is 3. The van der Waals surface area contributed by atoms with Crippen LogP contribution in [0.3, 0.4) is 0 Å². The summed E-state index contributed by atoms with van der Waals surface area (Å²) in [5.74, 6) is 2.77. The smallest absolute Gasteiger partial charge is 0.157 e. The molecule has 2 N–H and O–H groups in total. The van der Waals surface area contributed by atoms with Crippen LogP contribution in [-0.4, -0.2) is 30.0 Å². The van der Waals surface area contributed by atoms with Crippen LogP contribution in [0.1, 0.15) is 49.7 Å². The number of nitrogens with zero attached hydrogens (tertiary/aromatic N) is 2. The van der Waals surface area contributed by atoms with Gasteiger partial charge in [0.15, 0.2) is 5.84 Å². The summed E-state index contributed by atoms with van der Waals surface area (Å²) in [6.07, 6.45) is 9.22. The zero-order chi connectivity index (χ0) is 15.4. The first-order chi connectivity index (χ1) is 11.3. The summed E-state index contributed by atoms with van der Waals surface area (Å²) in [5.41, 5.74) is 7.68. The van der Waals surface area contributed by atoms with Gasteiger partial charge in [0.05, 0.1) is 0 Å². The van der Waals surface area contributed by atoms with Crippen LogP contribution in [0.2, 0.25) is 0 Å². The molecule has 1 spiro atoms. The van der Waals surface area contributed by atoms with E-state index in [1.54, 1.807) is 0 Å². The van der Waals surface area contributed by atoms with Crippen LogP contribution in [0.5, 0.6) is 0 Å². The Bertz CT molecular complexity index is 659. The quantitative estimate of drug-likeness (QED) is 0.837. The monoisotopic (exact) mass is 310 g/mol. The topological polar surface area (TPSA) is 39.7 Å². The van der Waals surface area contributed by atoms with Gasteiger partial charge in [-0.25, -0.2) is 0 Å². The number of hydrogen-bond donors (Lipinski definition) is 2. The van der Waals surface area contributed by atoms with Gasteiger partial charge in [-0.15, -0.1) is 0 Å². The van der Waals surface area contributed by atoms with E-state index in [-0.39, 0.29) is 5.66 Å². The van der Waals surface area contributed by atoms with Crippen molar-refractivity contribution >= 4 is 11.5 Å². The standard InChI is InChI=1S/C19H26N4/c1-23-18(15-6-9-17-14(11-15)3-2-10-20-17)21-22-19(23)12-13-4-7-16(19)8-5-13/h6,9,11,13,16,20,22H,2-5,7-8,10,12H2,1H3/t13?,16?,19-/m0/s1. The third-order valence-electron chi connectivity index (χ3n) is 6.70. The molecule has 0 amide bonds. The minimum Gasteiger partial charge on any atom is -0.385 e. The fourth-order valence-corrected chi connectivity index (χ4v) is 5.36. The fraction of sp³-hybridized carbons (Fsp3) is 0.632. The number of hydrazone groups is 1. The van der Waals surface area contributed by atoms with Crippen LogP contribution >= 0.6 is 0 Å². The largest absolute Gasteiger partial charge is 0.385 e. The normalized spacial score (nSPS) is 34.8. The van der Waals surface area contributed by atoms with E-state index >= 15 is 0 Å². The Morgan fingerprint density at radius 2 is 2.09 bits per heavy atom. The van der Waals surface area contributed by atoms with E-state index < -0.39 is 0 Å². The highest BCUT2D eigenvalue weighted by Gasteiger charge is 2.53. The first kappa shape index (κ1) is 13.7. The molecule has 3 aliphatic carbocycles. The molecule has 4 heteroatoms. The highest BCUT2D eigenvalue weighted by molar-refractivity contribution is 6.00. The van der Waals surface area contributed by atoms with Crippen molar-refractivity contribution in [3.63, 3.8) is 0 Å². The van der Waals surface area contributed by atoms with Gasteiger partial charge < -0.3 is 10.2 Å². The highest BCUT2D eigenvalue weighted by Crippen LogP contribution is 2.50. The molecule has 2 aliphatic heterocycles. The van der Waals surface area contributed by atoms with E-state index in [9.17, 15) is 0 Å². The van der Waals surface area contributed by atoms with Crippen molar-refractivity contribution in [2.75, 3.05) is 18.9 Å². The van der Waals surface area contributed by atoms with Gasteiger partial charge in [-0.05, 0) is 74.6 Å². The van der Waals surface area contributed by atoms with E-state index in [1.165, 1.54) is 61.8 Å². The molecule has 3 saturated carbocycles. The van der Waals surface area contributed by atoms with E-state index in [0.717, 1.165) is 24.2 Å². The van der Waals surface area contributed by atoms with Crippen molar-refractivity contribution in [2.24, 2.45) is 16.9 Å². The predicted molar refractivity (Wildman–Crippen MR) is 93.5 cm³/mol. The number of nitrogens with one attached hydrogen (secondary N) is 2. The number of hydrogen-bond acceptors (Lipinski definition) is 4. The average molecular weight is 310 g/mol. The minimum atomic E-state index is 0.0879. The third-order valence-corrected chi connectivity index (χ3v) is 6.70. The first-order valence-corrected chi connectivity index (χ1v) is 9.22. The van der Waals surface area contributed by atoms with Gasteiger partial charge in [0.1, 0.15) is 5.66 Å². The predicted octanol–water partition coefficient (Wildman–Crippen LogP) is 3.15. The number of rotatable bonds is 1. The molecule has 0 radical (unpaired) electrons.